The molecule has 1 aromatic carbocycles. The van der Waals surface area contributed by atoms with Gasteiger partial charge < -0.3 is 9.47 Å². The first kappa shape index (κ1) is 18.2. The quantitative estimate of drug-likeness (QED) is 0.758. The Labute approximate surface area is 163 Å². The van der Waals surface area contributed by atoms with Crippen LogP contribution in [0.25, 0.3) is 0 Å². The molecule has 1 aliphatic carbocycles. The van der Waals surface area contributed by atoms with Crippen molar-refractivity contribution in [1.82, 2.24) is 14.9 Å². The van der Waals surface area contributed by atoms with Crippen molar-refractivity contribution in [2.75, 3.05) is 24.4 Å². The molecule has 0 saturated heterocycles. The minimum absolute atomic E-state index is 0.154. The lowest BCUT2D eigenvalue weighted by Crippen LogP contribution is -2.46. The third-order valence-corrected chi connectivity index (χ3v) is 6.00. The van der Waals surface area contributed by atoms with Gasteiger partial charge in [-0.3, -0.25) is 4.79 Å². The number of methoxy groups -OCH3 is 1. The van der Waals surface area contributed by atoms with E-state index in [9.17, 15) is 4.79 Å². The summed E-state index contributed by atoms with van der Waals surface area (Å²) in [6.07, 6.45) is 5.41. The van der Waals surface area contributed by atoms with Gasteiger partial charge in [0.05, 0.1) is 13.7 Å². The number of aromatic nitrogens is 3. The molecule has 2 aromatic rings. The van der Waals surface area contributed by atoms with Crippen LogP contribution in [-0.2, 0) is 11.4 Å². The second kappa shape index (κ2) is 8.21. The number of thioether (sulfide) groups is 1. The van der Waals surface area contributed by atoms with Crippen LogP contribution in [0.4, 0.5) is 0 Å². The van der Waals surface area contributed by atoms with Gasteiger partial charge in [-0.05, 0) is 30.9 Å². The molecule has 1 saturated carbocycles. The standard InChI is InChI=1S/C19H24N4O3S/c1-25-15-8-4-5-9-16(15)26-13-17-20-21-19-23(17)22(10-11-27-19)18(24)12-14-6-2-3-7-14/h4-5,8-9,14H,2-3,6-7,10-13H2,1H3. The van der Waals surface area contributed by atoms with Crippen molar-refractivity contribution >= 4 is 17.7 Å². The lowest BCUT2D eigenvalue weighted by Gasteiger charge is -2.30. The van der Waals surface area contributed by atoms with Gasteiger partial charge >= 0.3 is 0 Å². The summed E-state index contributed by atoms with van der Waals surface area (Å²) in [5.41, 5.74) is 0. The Morgan fingerprint density at radius 1 is 1.22 bits per heavy atom. The average Bonchev–Trinajstić information content (AvgIpc) is 3.36. The van der Waals surface area contributed by atoms with E-state index in [0.29, 0.717) is 36.2 Å². The van der Waals surface area contributed by atoms with Crippen LogP contribution in [-0.4, -0.2) is 40.2 Å². The molecule has 7 nitrogen and oxygen atoms in total. The SMILES string of the molecule is COc1ccccc1OCc1nnc2n1N(C(=O)CC1CCCC1)CCS2. The molecule has 27 heavy (non-hydrogen) atoms. The molecule has 1 amide bonds. The highest BCUT2D eigenvalue weighted by molar-refractivity contribution is 7.99. The minimum atomic E-state index is 0.154. The van der Waals surface area contributed by atoms with Crippen molar-refractivity contribution in [3.8, 4) is 11.5 Å². The molecule has 4 rings (SSSR count). The fourth-order valence-electron chi connectivity index (χ4n) is 3.73. The number of hydrogen-bond acceptors (Lipinski definition) is 6. The van der Waals surface area contributed by atoms with E-state index < -0.39 is 0 Å². The van der Waals surface area contributed by atoms with Gasteiger partial charge in [-0.15, -0.1) is 10.2 Å². The van der Waals surface area contributed by atoms with Gasteiger partial charge in [0, 0.05) is 12.2 Å². The third kappa shape index (κ3) is 3.90. The highest BCUT2D eigenvalue weighted by Crippen LogP contribution is 2.30. The predicted octanol–water partition coefficient (Wildman–Crippen LogP) is 3.02. The van der Waals surface area contributed by atoms with Gasteiger partial charge in [-0.2, -0.15) is 0 Å². The maximum Gasteiger partial charge on any atom is 0.241 e. The summed E-state index contributed by atoms with van der Waals surface area (Å²) >= 11 is 1.62. The number of nitrogens with zero attached hydrogens (tertiary/aromatic N) is 4. The highest BCUT2D eigenvalue weighted by atomic mass is 32.2. The lowest BCUT2D eigenvalue weighted by atomic mass is 10.0. The summed E-state index contributed by atoms with van der Waals surface area (Å²) in [6, 6.07) is 7.49. The van der Waals surface area contributed by atoms with Gasteiger partial charge in [-0.25, -0.2) is 9.69 Å². The third-order valence-electron chi connectivity index (χ3n) is 5.10. The maximum atomic E-state index is 12.9. The summed E-state index contributed by atoms with van der Waals surface area (Å²) in [6.45, 7) is 0.893. The summed E-state index contributed by atoms with van der Waals surface area (Å²) in [7, 11) is 1.61. The predicted molar refractivity (Wildman–Crippen MR) is 103 cm³/mol. The summed E-state index contributed by atoms with van der Waals surface area (Å²) in [5.74, 6) is 3.44. The second-order valence-electron chi connectivity index (χ2n) is 6.87. The number of carbonyl (C=O) groups is 1. The second-order valence-corrected chi connectivity index (χ2v) is 7.93. The molecule has 1 fully saturated rings. The summed E-state index contributed by atoms with van der Waals surface area (Å²) in [4.78, 5) is 12.9. The van der Waals surface area contributed by atoms with Crippen molar-refractivity contribution in [3.05, 3.63) is 30.1 Å². The van der Waals surface area contributed by atoms with E-state index in [1.807, 2.05) is 28.9 Å². The molecule has 0 spiro atoms. The monoisotopic (exact) mass is 388 g/mol. The van der Waals surface area contributed by atoms with E-state index in [1.54, 1.807) is 23.9 Å². The Balaban J connectivity index is 1.50. The van der Waals surface area contributed by atoms with E-state index in [4.69, 9.17) is 9.47 Å². The molecule has 0 atom stereocenters. The van der Waals surface area contributed by atoms with Crippen molar-refractivity contribution in [2.45, 2.75) is 43.9 Å². The first-order valence-electron chi connectivity index (χ1n) is 9.40. The van der Waals surface area contributed by atoms with Gasteiger partial charge in [0.2, 0.25) is 11.1 Å². The molecule has 0 N–H and O–H groups in total. The number of benzene rings is 1. The van der Waals surface area contributed by atoms with E-state index in [1.165, 1.54) is 12.8 Å². The van der Waals surface area contributed by atoms with Gasteiger partial charge in [0.1, 0.15) is 6.61 Å². The van der Waals surface area contributed by atoms with Gasteiger partial charge in [-0.1, -0.05) is 36.7 Å². The first-order valence-corrected chi connectivity index (χ1v) is 10.4. The Kier molecular flexibility index (Phi) is 5.52. The molecule has 0 unspecified atom stereocenters. The van der Waals surface area contributed by atoms with Crippen molar-refractivity contribution in [3.63, 3.8) is 0 Å². The topological polar surface area (TPSA) is 69.5 Å². The Morgan fingerprint density at radius 2 is 2.00 bits per heavy atom. The van der Waals surface area contributed by atoms with Crippen LogP contribution < -0.4 is 14.5 Å². The molecular weight excluding hydrogens is 364 g/mol. The number of hydrogen-bond donors (Lipinski definition) is 0. The number of para-hydroxylation sites is 2. The fourth-order valence-corrected chi connectivity index (χ4v) is 4.60. The maximum absolute atomic E-state index is 12.9. The fraction of sp³-hybridized carbons (Fsp3) is 0.526. The Hall–Kier alpha value is -2.22. The van der Waals surface area contributed by atoms with Crippen LogP contribution in [0.15, 0.2) is 29.4 Å². The molecule has 0 radical (unpaired) electrons. The largest absolute Gasteiger partial charge is 0.493 e. The van der Waals surface area contributed by atoms with E-state index in [-0.39, 0.29) is 12.5 Å². The van der Waals surface area contributed by atoms with Crippen molar-refractivity contribution in [2.24, 2.45) is 5.92 Å². The van der Waals surface area contributed by atoms with E-state index in [2.05, 4.69) is 10.2 Å². The normalized spacial score (nSPS) is 17.0. The summed E-state index contributed by atoms with van der Waals surface area (Å²) in [5, 5.41) is 11.1. The molecule has 1 aromatic heterocycles. The van der Waals surface area contributed by atoms with Crippen LogP contribution >= 0.6 is 11.8 Å². The molecule has 2 aliphatic rings. The number of fused-ring (bicyclic) bond motifs is 1. The van der Waals surface area contributed by atoms with E-state index in [0.717, 1.165) is 23.8 Å². The molecule has 0 bridgehead atoms. The minimum Gasteiger partial charge on any atom is -0.493 e. The van der Waals surface area contributed by atoms with Crippen molar-refractivity contribution < 1.29 is 14.3 Å². The number of carbonyl (C=O) groups excluding carboxylic acids is 1. The zero-order chi connectivity index (χ0) is 18.6. The van der Waals surface area contributed by atoms with Crippen LogP contribution in [0.2, 0.25) is 0 Å². The van der Waals surface area contributed by atoms with Crippen molar-refractivity contribution in [1.29, 1.82) is 0 Å². The van der Waals surface area contributed by atoms with Crippen LogP contribution in [0.5, 0.6) is 11.5 Å². The van der Waals surface area contributed by atoms with Crippen LogP contribution in [0.1, 0.15) is 37.9 Å². The number of ether oxygens (including phenoxy) is 2. The van der Waals surface area contributed by atoms with Gasteiger partial charge in [0.15, 0.2) is 17.3 Å². The smallest absolute Gasteiger partial charge is 0.241 e. The van der Waals surface area contributed by atoms with Crippen LogP contribution in [0, 0.1) is 5.92 Å². The molecule has 8 heteroatoms. The molecule has 2 heterocycles. The first-order chi connectivity index (χ1) is 13.3. The Bertz CT molecular complexity index is 804. The van der Waals surface area contributed by atoms with E-state index >= 15 is 0 Å². The molecular formula is C19H24N4O3S. The zero-order valence-corrected chi connectivity index (χ0v) is 16.3. The van der Waals surface area contributed by atoms with Crippen LogP contribution in [0.3, 0.4) is 0 Å². The molecule has 144 valence electrons. The number of amides is 1. The average molecular weight is 388 g/mol. The number of rotatable bonds is 6. The zero-order valence-electron chi connectivity index (χ0n) is 15.5. The Morgan fingerprint density at radius 3 is 2.78 bits per heavy atom. The summed E-state index contributed by atoms with van der Waals surface area (Å²) < 4.78 is 13.1. The van der Waals surface area contributed by atoms with Gasteiger partial charge in [0.25, 0.3) is 0 Å². The highest BCUT2D eigenvalue weighted by Gasteiger charge is 2.29. The lowest BCUT2D eigenvalue weighted by molar-refractivity contribution is -0.121. The molecule has 1 aliphatic heterocycles.